The Morgan fingerprint density at radius 1 is 1.21 bits per heavy atom. The van der Waals surface area contributed by atoms with Gasteiger partial charge in [0.1, 0.15) is 0 Å². The number of hydrogen-bond acceptors (Lipinski definition) is 3. The van der Waals surface area contributed by atoms with Crippen molar-refractivity contribution >= 4 is 48.9 Å². The molecule has 2 aromatic carbocycles. The monoisotopic (exact) mass is 470 g/mol. The summed E-state index contributed by atoms with van der Waals surface area (Å²) < 4.78 is 2.11. The van der Waals surface area contributed by atoms with Crippen LogP contribution in [0.3, 0.4) is 0 Å². The van der Waals surface area contributed by atoms with Gasteiger partial charge >= 0.3 is 0 Å². The van der Waals surface area contributed by atoms with Gasteiger partial charge in [-0.1, -0.05) is 25.5 Å². The number of rotatable bonds is 6. The van der Waals surface area contributed by atoms with E-state index in [0.29, 0.717) is 11.5 Å². The summed E-state index contributed by atoms with van der Waals surface area (Å²) in [6.45, 7) is 5.89. The Labute approximate surface area is 185 Å². The highest BCUT2D eigenvalue weighted by atomic mass is 79.9. The number of carbonyl (C=O) groups is 1. The van der Waals surface area contributed by atoms with Gasteiger partial charge in [-0.2, -0.15) is 0 Å². The number of anilines is 1. The Bertz CT molecular complexity index is 991. The molecule has 0 unspecified atom stereocenters. The van der Waals surface area contributed by atoms with Crippen LogP contribution in [0.1, 0.15) is 54.4 Å². The minimum atomic E-state index is -0.0853. The van der Waals surface area contributed by atoms with Crippen LogP contribution in [0.4, 0.5) is 5.69 Å². The molecule has 1 fully saturated rings. The molecular formula is C24H27BrN2OS. The molecule has 0 spiro atoms. The molecule has 0 aliphatic carbocycles. The number of halogens is 1. The van der Waals surface area contributed by atoms with Crippen molar-refractivity contribution in [2.24, 2.45) is 0 Å². The normalized spacial score (nSPS) is 15.7. The van der Waals surface area contributed by atoms with Gasteiger partial charge < -0.3 is 10.2 Å². The first-order valence-corrected chi connectivity index (χ1v) is 12.1. The molecule has 29 heavy (non-hydrogen) atoms. The highest BCUT2D eigenvalue weighted by molar-refractivity contribution is 9.10. The van der Waals surface area contributed by atoms with Crippen LogP contribution in [0.15, 0.2) is 52.3 Å². The van der Waals surface area contributed by atoms with Crippen molar-refractivity contribution in [3.63, 3.8) is 0 Å². The maximum atomic E-state index is 12.7. The second-order valence-electron chi connectivity index (χ2n) is 7.81. The lowest BCUT2D eigenvalue weighted by molar-refractivity contribution is 0.102. The van der Waals surface area contributed by atoms with E-state index in [2.05, 4.69) is 50.6 Å². The van der Waals surface area contributed by atoms with E-state index in [1.807, 2.05) is 41.7 Å². The van der Waals surface area contributed by atoms with Gasteiger partial charge in [-0.25, -0.2) is 0 Å². The molecule has 3 aromatic rings. The number of unbranched alkanes of at least 4 members (excludes halogenated alkanes) is 1. The fourth-order valence-corrected chi connectivity index (χ4v) is 5.62. The summed E-state index contributed by atoms with van der Waals surface area (Å²) in [6.07, 6.45) is 5.02. The van der Waals surface area contributed by atoms with E-state index in [-0.39, 0.29) is 5.91 Å². The van der Waals surface area contributed by atoms with E-state index in [1.165, 1.54) is 61.0 Å². The van der Waals surface area contributed by atoms with E-state index in [1.54, 1.807) is 0 Å². The number of nitrogens with one attached hydrogen (secondary N) is 1. The van der Waals surface area contributed by atoms with Gasteiger partial charge in [-0.05, 0) is 107 Å². The summed E-state index contributed by atoms with van der Waals surface area (Å²) in [5.74, 6) is 0.536. The smallest absolute Gasteiger partial charge is 0.256 e. The summed E-state index contributed by atoms with van der Waals surface area (Å²) in [7, 11) is 0. The zero-order chi connectivity index (χ0) is 20.2. The zero-order valence-corrected chi connectivity index (χ0v) is 19.2. The van der Waals surface area contributed by atoms with Gasteiger partial charge in [0.25, 0.3) is 5.91 Å². The van der Waals surface area contributed by atoms with E-state index < -0.39 is 0 Å². The number of likely N-dealkylation sites (tertiary alicyclic amines) is 1. The molecule has 0 saturated carbocycles. The van der Waals surface area contributed by atoms with E-state index in [4.69, 9.17) is 0 Å². The molecule has 1 aliphatic rings. The van der Waals surface area contributed by atoms with Crippen molar-refractivity contribution in [3.8, 4) is 0 Å². The molecule has 1 saturated heterocycles. The first-order valence-electron chi connectivity index (χ1n) is 10.4. The van der Waals surface area contributed by atoms with Crippen LogP contribution in [0.5, 0.6) is 0 Å². The van der Waals surface area contributed by atoms with Gasteiger partial charge in [0.2, 0.25) is 0 Å². The number of amides is 1. The first kappa shape index (κ1) is 20.6. The van der Waals surface area contributed by atoms with Crippen LogP contribution in [0, 0.1) is 0 Å². The Balaban J connectivity index is 1.50. The van der Waals surface area contributed by atoms with Gasteiger partial charge in [0, 0.05) is 14.9 Å². The Morgan fingerprint density at radius 3 is 2.76 bits per heavy atom. The van der Waals surface area contributed by atoms with E-state index in [9.17, 15) is 4.79 Å². The van der Waals surface area contributed by atoms with Crippen LogP contribution in [0.25, 0.3) is 10.1 Å². The maximum absolute atomic E-state index is 12.7. The molecule has 0 bridgehead atoms. The summed E-state index contributed by atoms with van der Waals surface area (Å²) in [6, 6.07) is 13.8. The first-order chi connectivity index (χ1) is 14.2. The van der Waals surface area contributed by atoms with Crippen LogP contribution in [0.2, 0.25) is 0 Å². The standard InChI is InChI=1S/C24H27BrN2OS/c1-2-3-12-27-13-10-17(11-14-27)21-16-29-23-9-8-18(15-20(21)23)26-24(28)19-6-4-5-7-22(19)25/h4-9,15-17H,2-3,10-14H2,1H3,(H,26,28). The lowest BCUT2D eigenvalue weighted by Gasteiger charge is -2.32. The molecule has 5 heteroatoms. The Kier molecular flexibility index (Phi) is 6.68. The van der Waals surface area contributed by atoms with Crippen molar-refractivity contribution in [2.45, 2.75) is 38.5 Å². The average molecular weight is 471 g/mol. The molecule has 0 radical (unpaired) electrons. The molecule has 1 amide bonds. The van der Waals surface area contributed by atoms with Crippen LogP contribution in [-0.4, -0.2) is 30.4 Å². The minimum Gasteiger partial charge on any atom is -0.322 e. The fraction of sp³-hybridized carbons (Fsp3) is 0.375. The molecule has 2 heterocycles. The quantitative estimate of drug-likeness (QED) is 0.424. The molecule has 3 nitrogen and oxygen atoms in total. The summed E-state index contributed by atoms with van der Waals surface area (Å²) >= 11 is 5.28. The van der Waals surface area contributed by atoms with Crippen LogP contribution in [-0.2, 0) is 0 Å². The second-order valence-corrected chi connectivity index (χ2v) is 9.57. The van der Waals surface area contributed by atoms with Crippen molar-refractivity contribution in [1.29, 1.82) is 0 Å². The average Bonchev–Trinajstić information content (AvgIpc) is 3.16. The Morgan fingerprint density at radius 2 is 2.00 bits per heavy atom. The van der Waals surface area contributed by atoms with Gasteiger partial charge in [-0.3, -0.25) is 4.79 Å². The van der Waals surface area contributed by atoms with Crippen molar-refractivity contribution in [1.82, 2.24) is 4.90 Å². The number of benzene rings is 2. The summed E-state index contributed by atoms with van der Waals surface area (Å²) in [4.78, 5) is 15.3. The van der Waals surface area contributed by atoms with Crippen molar-refractivity contribution in [3.05, 3.63) is 63.4 Å². The van der Waals surface area contributed by atoms with Crippen molar-refractivity contribution in [2.75, 3.05) is 25.0 Å². The fourth-order valence-electron chi connectivity index (χ4n) is 4.14. The van der Waals surface area contributed by atoms with E-state index in [0.717, 1.165) is 10.2 Å². The molecular weight excluding hydrogens is 444 g/mol. The number of piperidine rings is 1. The van der Waals surface area contributed by atoms with Crippen LogP contribution < -0.4 is 5.32 Å². The number of hydrogen-bond donors (Lipinski definition) is 1. The third-order valence-electron chi connectivity index (χ3n) is 5.84. The Hall–Kier alpha value is -1.69. The molecule has 1 aliphatic heterocycles. The lowest BCUT2D eigenvalue weighted by atomic mass is 9.89. The largest absolute Gasteiger partial charge is 0.322 e. The predicted octanol–water partition coefficient (Wildman–Crippen LogP) is 6.90. The third-order valence-corrected chi connectivity index (χ3v) is 7.51. The summed E-state index contributed by atoms with van der Waals surface area (Å²) in [5, 5.41) is 6.70. The summed E-state index contributed by atoms with van der Waals surface area (Å²) in [5.41, 5.74) is 2.97. The number of fused-ring (bicyclic) bond motifs is 1. The molecule has 0 atom stereocenters. The molecule has 152 valence electrons. The lowest BCUT2D eigenvalue weighted by Crippen LogP contribution is -2.33. The van der Waals surface area contributed by atoms with Gasteiger partial charge in [0.15, 0.2) is 0 Å². The highest BCUT2D eigenvalue weighted by Crippen LogP contribution is 2.38. The molecule has 4 rings (SSSR count). The van der Waals surface area contributed by atoms with E-state index >= 15 is 0 Å². The SMILES string of the molecule is CCCCN1CCC(c2csc3ccc(NC(=O)c4ccccc4Br)cc23)CC1. The highest BCUT2D eigenvalue weighted by Gasteiger charge is 2.22. The van der Waals surface area contributed by atoms with Crippen molar-refractivity contribution < 1.29 is 4.79 Å². The topological polar surface area (TPSA) is 32.3 Å². The van der Waals surface area contributed by atoms with Gasteiger partial charge in [0.05, 0.1) is 5.56 Å². The third kappa shape index (κ3) is 4.73. The van der Waals surface area contributed by atoms with Gasteiger partial charge in [-0.15, -0.1) is 11.3 Å². The minimum absolute atomic E-state index is 0.0853. The predicted molar refractivity (Wildman–Crippen MR) is 127 cm³/mol. The molecule has 1 N–H and O–H groups in total. The van der Waals surface area contributed by atoms with Crippen LogP contribution >= 0.6 is 27.3 Å². The second kappa shape index (κ2) is 9.41. The number of nitrogens with zero attached hydrogens (tertiary/aromatic N) is 1. The number of carbonyl (C=O) groups excluding carboxylic acids is 1. The maximum Gasteiger partial charge on any atom is 0.256 e. The number of thiophene rings is 1. The molecule has 1 aromatic heterocycles. The zero-order valence-electron chi connectivity index (χ0n) is 16.8.